The number of aliphatic hydroxyl groups is 1. The second kappa shape index (κ2) is 8.08. The van der Waals surface area contributed by atoms with Crippen LogP contribution in [0.25, 0.3) is 11.3 Å². The van der Waals surface area contributed by atoms with Gasteiger partial charge in [0.25, 0.3) is 5.91 Å². The smallest absolute Gasteiger partial charge is 0.276 e. The first-order chi connectivity index (χ1) is 14.0. The molecule has 1 unspecified atom stereocenters. The fourth-order valence-electron chi connectivity index (χ4n) is 3.57. The molecule has 8 heteroatoms. The number of likely N-dealkylation sites (tertiary alicyclic amines) is 1. The Hall–Kier alpha value is -3.13. The van der Waals surface area contributed by atoms with E-state index in [0.717, 1.165) is 17.7 Å². The number of halogens is 2. The van der Waals surface area contributed by atoms with Crippen LogP contribution in [0.15, 0.2) is 53.3 Å². The third-order valence-electron chi connectivity index (χ3n) is 5.25. The van der Waals surface area contributed by atoms with Crippen LogP contribution < -0.4 is 0 Å². The number of rotatable bonds is 4. The van der Waals surface area contributed by atoms with Gasteiger partial charge in [0.1, 0.15) is 0 Å². The number of hydrogen-bond donors (Lipinski definition) is 1. The molecule has 1 N–H and O–H groups in total. The van der Waals surface area contributed by atoms with E-state index in [4.69, 9.17) is 4.52 Å². The predicted molar refractivity (Wildman–Crippen MR) is 99.7 cm³/mol. The summed E-state index contributed by atoms with van der Waals surface area (Å²) >= 11 is 0. The van der Waals surface area contributed by atoms with Gasteiger partial charge >= 0.3 is 0 Å². The molecule has 4 rings (SSSR count). The summed E-state index contributed by atoms with van der Waals surface area (Å²) in [5.41, 5.74) is 1.23. The maximum atomic E-state index is 13.4. The van der Waals surface area contributed by atoms with Crippen molar-refractivity contribution in [1.29, 1.82) is 0 Å². The Morgan fingerprint density at radius 3 is 2.52 bits per heavy atom. The molecule has 3 heterocycles. The quantitative estimate of drug-likeness (QED) is 0.725. The Bertz CT molecular complexity index is 1000. The van der Waals surface area contributed by atoms with Crippen LogP contribution in [0.1, 0.15) is 35.0 Å². The summed E-state index contributed by atoms with van der Waals surface area (Å²) < 4.78 is 31.6. The lowest BCUT2D eigenvalue weighted by Gasteiger charge is -2.34. The maximum absolute atomic E-state index is 13.4. The van der Waals surface area contributed by atoms with Crippen LogP contribution in [0.2, 0.25) is 0 Å². The first kappa shape index (κ1) is 19.2. The number of pyridine rings is 1. The molecule has 1 aromatic carbocycles. The lowest BCUT2D eigenvalue weighted by atomic mass is 9.87. The van der Waals surface area contributed by atoms with Crippen molar-refractivity contribution in [2.75, 3.05) is 13.1 Å². The Balaban J connectivity index is 1.40. The van der Waals surface area contributed by atoms with Gasteiger partial charge in [0, 0.05) is 37.1 Å². The number of amides is 1. The van der Waals surface area contributed by atoms with Crippen molar-refractivity contribution in [2.24, 2.45) is 5.92 Å². The molecule has 150 valence electrons. The molecule has 1 atom stereocenters. The van der Waals surface area contributed by atoms with Crippen LogP contribution in [0, 0.1) is 17.6 Å². The molecule has 2 aromatic heterocycles. The third kappa shape index (κ3) is 4.02. The van der Waals surface area contributed by atoms with Gasteiger partial charge in [-0.15, -0.1) is 0 Å². The van der Waals surface area contributed by atoms with Gasteiger partial charge < -0.3 is 14.5 Å². The second-order valence-electron chi connectivity index (χ2n) is 7.06. The van der Waals surface area contributed by atoms with Gasteiger partial charge in [-0.05, 0) is 54.7 Å². The number of hydrogen-bond acceptors (Lipinski definition) is 5. The summed E-state index contributed by atoms with van der Waals surface area (Å²) in [5.74, 6) is -2.01. The number of aliphatic hydroxyl groups excluding tert-OH is 1. The van der Waals surface area contributed by atoms with Crippen LogP contribution in [-0.4, -0.2) is 39.1 Å². The normalized spacial score (nSPS) is 16.0. The first-order valence-corrected chi connectivity index (χ1v) is 9.32. The van der Waals surface area contributed by atoms with Crippen molar-refractivity contribution in [3.63, 3.8) is 0 Å². The van der Waals surface area contributed by atoms with E-state index in [1.807, 2.05) is 0 Å². The average Bonchev–Trinajstić information content (AvgIpc) is 3.25. The Morgan fingerprint density at radius 2 is 1.83 bits per heavy atom. The number of carbonyl (C=O) groups is 1. The monoisotopic (exact) mass is 399 g/mol. The zero-order valence-corrected chi connectivity index (χ0v) is 15.5. The highest BCUT2D eigenvalue weighted by Gasteiger charge is 2.30. The maximum Gasteiger partial charge on any atom is 0.276 e. The largest absolute Gasteiger partial charge is 0.388 e. The average molecular weight is 399 g/mol. The second-order valence-corrected chi connectivity index (χ2v) is 7.06. The highest BCUT2D eigenvalue weighted by Crippen LogP contribution is 2.31. The number of benzene rings is 1. The molecular weight excluding hydrogens is 380 g/mol. The van der Waals surface area contributed by atoms with Crippen LogP contribution in [-0.2, 0) is 0 Å². The van der Waals surface area contributed by atoms with Crippen molar-refractivity contribution >= 4 is 5.91 Å². The fraction of sp³-hybridized carbons (Fsp3) is 0.286. The van der Waals surface area contributed by atoms with E-state index in [0.29, 0.717) is 31.5 Å². The molecule has 1 saturated heterocycles. The summed E-state index contributed by atoms with van der Waals surface area (Å²) in [4.78, 5) is 18.3. The van der Waals surface area contributed by atoms with E-state index in [1.165, 1.54) is 12.1 Å². The zero-order chi connectivity index (χ0) is 20.4. The molecule has 3 aromatic rings. The topological polar surface area (TPSA) is 79.5 Å². The van der Waals surface area contributed by atoms with Gasteiger partial charge in [0.05, 0.1) is 6.10 Å². The fourth-order valence-corrected chi connectivity index (χ4v) is 3.57. The van der Waals surface area contributed by atoms with E-state index in [1.54, 1.807) is 29.4 Å². The lowest BCUT2D eigenvalue weighted by molar-refractivity contribution is 0.0456. The van der Waals surface area contributed by atoms with E-state index >= 15 is 0 Å². The van der Waals surface area contributed by atoms with Gasteiger partial charge in [0.15, 0.2) is 23.1 Å². The summed E-state index contributed by atoms with van der Waals surface area (Å²) in [5, 5.41) is 14.3. The first-order valence-electron chi connectivity index (χ1n) is 9.32. The highest BCUT2D eigenvalue weighted by molar-refractivity contribution is 5.93. The van der Waals surface area contributed by atoms with Gasteiger partial charge in [-0.3, -0.25) is 9.78 Å². The summed E-state index contributed by atoms with van der Waals surface area (Å²) in [6.07, 6.45) is 4.01. The highest BCUT2D eigenvalue weighted by atomic mass is 19.2. The Kier molecular flexibility index (Phi) is 5.35. The molecule has 1 aliphatic heterocycles. The molecular formula is C21H19F2N3O3. The molecule has 1 amide bonds. The molecule has 0 spiro atoms. The summed E-state index contributed by atoms with van der Waals surface area (Å²) in [6.45, 7) is 0.970. The lowest BCUT2D eigenvalue weighted by Crippen LogP contribution is -2.39. The van der Waals surface area contributed by atoms with Crippen molar-refractivity contribution in [3.8, 4) is 11.3 Å². The number of piperidine rings is 1. The predicted octanol–water partition coefficient (Wildman–Crippen LogP) is 3.60. The van der Waals surface area contributed by atoms with Crippen LogP contribution >= 0.6 is 0 Å². The molecule has 1 aliphatic rings. The summed E-state index contributed by atoms with van der Waals surface area (Å²) in [7, 11) is 0. The van der Waals surface area contributed by atoms with E-state index in [9.17, 15) is 18.7 Å². The van der Waals surface area contributed by atoms with E-state index < -0.39 is 17.7 Å². The van der Waals surface area contributed by atoms with Crippen molar-refractivity contribution < 1.29 is 23.2 Å². The standard InChI is InChI=1S/C21H19F2N3O3/c22-16-2-1-15(11-17(16)23)19-12-18(25-29-19)21(28)26-9-5-14(6-10-26)20(27)13-3-7-24-8-4-13/h1-4,7-8,11-12,14,20,27H,5-6,9-10H2. The van der Waals surface area contributed by atoms with Gasteiger partial charge in [-0.1, -0.05) is 5.16 Å². The Morgan fingerprint density at radius 1 is 1.10 bits per heavy atom. The van der Waals surface area contributed by atoms with Crippen LogP contribution in [0.3, 0.4) is 0 Å². The van der Waals surface area contributed by atoms with Gasteiger partial charge in [0.2, 0.25) is 0 Å². The Labute approximate surface area is 165 Å². The van der Waals surface area contributed by atoms with E-state index in [-0.39, 0.29) is 23.3 Å². The number of nitrogens with zero attached hydrogens (tertiary/aromatic N) is 3. The molecule has 0 aliphatic carbocycles. The minimum atomic E-state index is -0.999. The minimum Gasteiger partial charge on any atom is -0.388 e. The SMILES string of the molecule is O=C(c1cc(-c2ccc(F)c(F)c2)on1)N1CCC(C(O)c2ccncc2)CC1. The molecule has 6 nitrogen and oxygen atoms in total. The van der Waals surface area contributed by atoms with Crippen LogP contribution in [0.5, 0.6) is 0 Å². The van der Waals surface area contributed by atoms with Crippen molar-refractivity contribution in [1.82, 2.24) is 15.0 Å². The van der Waals surface area contributed by atoms with Gasteiger partial charge in [-0.2, -0.15) is 0 Å². The summed E-state index contributed by atoms with van der Waals surface area (Å²) in [6, 6.07) is 8.35. The number of carbonyl (C=O) groups excluding carboxylic acids is 1. The van der Waals surface area contributed by atoms with Crippen LogP contribution in [0.4, 0.5) is 8.78 Å². The number of aromatic nitrogens is 2. The molecule has 29 heavy (non-hydrogen) atoms. The molecule has 1 fully saturated rings. The van der Waals surface area contributed by atoms with Crippen molar-refractivity contribution in [2.45, 2.75) is 18.9 Å². The third-order valence-corrected chi connectivity index (χ3v) is 5.25. The molecule has 0 saturated carbocycles. The minimum absolute atomic E-state index is 0.0523. The van der Waals surface area contributed by atoms with Crippen molar-refractivity contribution in [3.05, 3.63) is 71.7 Å². The van der Waals surface area contributed by atoms with Gasteiger partial charge in [-0.25, -0.2) is 8.78 Å². The molecule has 0 radical (unpaired) electrons. The van der Waals surface area contributed by atoms with E-state index in [2.05, 4.69) is 10.1 Å². The zero-order valence-electron chi connectivity index (χ0n) is 15.5. The molecule has 0 bridgehead atoms.